The molecule has 0 bridgehead atoms. The maximum atomic E-state index is 12.6. The van der Waals surface area contributed by atoms with Crippen LogP contribution in [0.1, 0.15) is 24.8 Å². The predicted molar refractivity (Wildman–Crippen MR) is 68.5 cm³/mol. The molecule has 6 heteroatoms. The first-order valence-electron chi connectivity index (χ1n) is 6.18. The standard InChI is InChI=1S/C13H15ClF3NO/c14-10-6-9(13(15,16)17)7-11(8-10)18-4-3-12-2-1-5-19-12/h6-8,12,18H,1-5H2. The van der Waals surface area contributed by atoms with Crippen molar-refractivity contribution >= 4 is 17.3 Å². The molecule has 0 spiro atoms. The number of alkyl halides is 3. The zero-order valence-electron chi connectivity index (χ0n) is 10.3. The smallest absolute Gasteiger partial charge is 0.385 e. The number of nitrogens with one attached hydrogen (secondary N) is 1. The summed E-state index contributed by atoms with van der Waals surface area (Å²) in [6.45, 7) is 1.35. The zero-order chi connectivity index (χ0) is 13.9. The number of hydrogen-bond acceptors (Lipinski definition) is 2. The van der Waals surface area contributed by atoms with Crippen LogP contribution in [0.3, 0.4) is 0 Å². The fourth-order valence-electron chi connectivity index (χ4n) is 2.10. The fraction of sp³-hybridized carbons (Fsp3) is 0.538. The van der Waals surface area contributed by atoms with Crippen molar-refractivity contribution in [3.63, 3.8) is 0 Å². The summed E-state index contributed by atoms with van der Waals surface area (Å²) in [5.74, 6) is 0. The minimum Gasteiger partial charge on any atom is -0.385 e. The van der Waals surface area contributed by atoms with E-state index in [0.717, 1.165) is 38.0 Å². The Hall–Kier alpha value is -0.940. The van der Waals surface area contributed by atoms with Crippen molar-refractivity contribution in [1.82, 2.24) is 0 Å². The van der Waals surface area contributed by atoms with Crippen molar-refractivity contribution in [2.45, 2.75) is 31.5 Å². The summed E-state index contributed by atoms with van der Waals surface area (Å²) in [7, 11) is 0. The Morgan fingerprint density at radius 3 is 2.74 bits per heavy atom. The van der Waals surface area contributed by atoms with Crippen molar-refractivity contribution in [2.75, 3.05) is 18.5 Å². The van der Waals surface area contributed by atoms with Gasteiger partial charge in [-0.15, -0.1) is 0 Å². The highest BCUT2D eigenvalue weighted by Crippen LogP contribution is 2.33. The molecule has 0 saturated carbocycles. The molecule has 1 aromatic carbocycles. The van der Waals surface area contributed by atoms with Gasteiger partial charge in [0.2, 0.25) is 0 Å². The molecular weight excluding hydrogens is 279 g/mol. The van der Waals surface area contributed by atoms with Gasteiger partial charge in [0, 0.05) is 23.9 Å². The van der Waals surface area contributed by atoms with E-state index >= 15 is 0 Å². The number of rotatable bonds is 4. The number of benzene rings is 1. The van der Waals surface area contributed by atoms with Gasteiger partial charge in [-0.25, -0.2) is 0 Å². The van der Waals surface area contributed by atoms with Gasteiger partial charge in [0.15, 0.2) is 0 Å². The summed E-state index contributed by atoms with van der Waals surface area (Å²) in [4.78, 5) is 0. The van der Waals surface area contributed by atoms with Crippen LogP contribution in [0.2, 0.25) is 5.02 Å². The first kappa shape index (κ1) is 14.5. The van der Waals surface area contributed by atoms with Crippen LogP contribution in [0.4, 0.5) is 18.9 Å². The van der Waals surface area contributed by atoms with Crippen LogP contribution in [0, 0.1) is 0 Å². The molecule has 1 N–H and O–H groups in total. The summed E-state index contributed by atoms with van der Waals surface area (Å²) in [5.41, 5.74) is -0.350. The summed E-state index contributed by atoms with van der Waals surface area (Å²) in [5, 5.41) is 3.04. The molecule has 0 amide bonds. The Labute approximate surface area is 114 Å². The third-order valence-electron chi connectivity index (χ3n) is 3.04. The largest absolute Gasteiger partial charge is 0.416 e. The van der Waals surface area contributed by atoms with E-state index in [2.05, 4.69) is 5.32 Å². The lowest BCUT2D eigenvalue weighted by molar-refractivity contribution is -0.137. The highest BCUT2D eigenvalue weighted by Gasteiger charge is 2.31. The molecule has 1 unspecified atom stereocenters. The number of anilines is 1. The lowest BCUT2D eigenvalue weighted by Crippen LogP contribution is -2.13. The van der Waals surface area contributed by atoms with E-state index in [1.807, 2.05) is 0 Å². The Morgan fingerprint density at radius 2 is 2.11 bits per heavy atom. The van der Waals surface area contributed by atoms with Gasteiger partial charge < -0.3 is 10.1 Å². The van der Waals surface area contributed by atoms with Crippen LogP contribution >= 0.6 is 11.6 Å². The van der Waals surface area contributed by atoms with Crippen molar-refractivity contribution in [3.8, 4) is 0 Å². The van der Waals surface area contributed by atoms with E-state index in [1.165, 1.54) is 6.07 Å². The van der Waals surface area contributed by atoms with Gasteiger partial charge >= 0.3 is 6.18 Å². The monoisotopic (exact) mass is 293 g/mol. The second-order valence-corrected chi connectivity index (χ2v) is 5.01. The molecule has 1 fully saturated rings. The average Bonchev–Trinajstić information content (AvgIpc) is 2.80. The van der Waals surface area contributed by atoms with Crippen molar-refractivity contribution in [1.29, 1.82) is 0 Å². The zero-order valence-corrected chi connectivity index (χ0v) is 11.0. The lowest BCUT2D eigenvalue weighted by atomic mass is 10.1. The SMILES string of the molecule is FC(F)(F)c1cc(Cl)cc(NCCC2CCCO2)c1. The first-order chi connectivity index (χ1) is 8.95. The normalized spacial score (nSPS) is 19.7. The summed E-state index contributed by atoms with van der Waals surface area (Å²) in [6.07, 6.45) is -1.30. The molecule has 1 atom stereocenters. The van der Waals surface area contributed by atoms with E-state index in [9.17, 15) is 13.2 Å². The van der Waals surface area contributed by atoms with E-state index in [-0.39, 0.29) is 11.1 Å². The Bertz CT molecular complexity index is 430. The third kappa shape index (κ3) is 4.28. The average molecular weight is 294 g/mol. The highest BCUT2D eigenvalue weighted by atomic mass is 35.5. The van der Waals surface area contributed by atoms with Gasteiger partial charge in [-0.05, 0) is 37.5 Å². The molecule has 2 nitrogen and oxygen atoms in total. The van der Waals surface area contributed by atoms with Gasteiger partial charge in [-0.2, -0.15) is 13.2 Å². The molecule has 1 aromatic rings. The van der Waals surface area contributed by atoms with Gasteiger partial charge in [-0.3, -0.25) is 0 Å². The van der Waals surface area contributed by atoms with Gasteiger partial charge in [-0.1, -0.05) is 11.6 Å². The van der Waals surface area contributed by atoms with Crippen molar-refractivity contribution in [3.05, 3.63) is 28.8 Å². The number of hydrogen-bond donors (Lipinski definition) is 1. The minimum atomic E-state index is -4.38. The van der Waals surface area contributed by atoms with Crippen molar-refractivity contribution < 1.29 is 17.9 Å². The molecule has 0 aromatic heterocycles. The predicted octanol–water partition coefficient (Wildman–Crippen LogP) is 4.34. The molecule has 1 aliphatic heterocycles. The van der Waals surface area contributed by atoms with E-state index in [1.54, 1.807) is 0 Å². The van der Waals surface area contributed by atoms with Gasteiger partial charge in [0.25, 0.3) is 0 Å². The van der Waals surface area contributed by atoms with E-state index in [4.69, 9.17) is 16.3 Å². The molecule has 0 aliphatic carbocycles. The topological polar surface area (TPSA) is 21.3 Å². The Balaban J connectivity index is 1.94. The Kier molecular flexibility index (Phi) is 4.58. The van der Waals surface area contributed by atoms with Crippen LogP contribution in [0.15, 0.2) is 18.2 Å². The minimum absolute atomic E-state index is 0.0782. The summed E-state index contributed by atoms with van der Waals surface area (Å²) in [6, 6.07) is 3.49. The molecule has 106 valence electrons. The van der Waals surface area contributed by atoms with Crippen molar-refractivity contribution in [2.24, 2.45) is 0 Å². The molecule has 1 saturated heterocycles. The molecule has 19 heavy (non-hydrogen) atoms. The molecule has 2 rings (SSSR count). The third-order valence-corrected chi connectivity index (χ3v) is 3.26. The lowest BCUT2D eigenvalue weighted by Gasteiger charge is -2.13. The molecule has 1 aliphatic rings. The van der Waals surface area contributed by atoms with Crippen LogP contribution in [-0.2, 0) is 10.9 Å². The highest BCUT2D eigenvalue weighted by molar-refractivity contribution is 6.30. The maximum Gasteiger partial charge on any atom is 0.416 e. The molecule has 0 radical (unpaired) electrons. The molecule has 1 heterocycles. The van der Waals surface area contributed by atoms with Crippen LogP contribution < -0.4 is 5.32 Å². The molecular formula is C13H15ClF3NO. The van der Waals surface area contributed by atoms with E-state index < -0.39 is 11.7 Å². The van der Waals surface area contributed by atoms with Crippen LogP contribution in [0.25, 0.3) is 0 Å². The van der Waals surface area contributed by atoms with Gasteiger partial charge in [0.1, 0.15) is 0 Å². The Morgan fingerprint density at radius 1 is 1.32 bits per heavy atom. The van der Waals surface area contributed by atoms with E-state index in [0.29, 0.717) is 12.2 Å². The second kappa shape index (κ2) is 6.01. The summed E-state index contributed by atoms with van der Waals surface area (Å²) < 4.78 is 43.3. The first-order valence-corrected chi connectivity index (χ1v) is 6.56. The second-order valence-electron chi connectivity index (χ2n) is 4.58. The quantitative estimate of drug-likeness (QED) is 0.891. The van der Waals surface area contributed by atoms with Crippen LogP contribution in [-0.4, -0.2) is 19.3 Å². The maximum absolute atomic E-state index is 12.6. The fourth-order valence-corrected chi connectivity index (χ4v) is 2.34. The summed E-state index contributed by atoms with van der Waals surface area (Å²) >= 11 is 5.70. The van der Waals surface area contributed by atoms with Crippen LogP contribution in [0.5, 0.6) is 0 Å². The number of halogens is 4. The van der Waals surface area contributed by atoms with Gasteiger partial charge in [0.05, 0.1) is 11.7 Å². The number of ether oxygens (including phenoxy) is 1.